The largest absolute Gasteiger partial charge is 0.464 e. The van der Waals surface area contributed by atoms with Gasteiger partial charge in [0.05, 0.1) is 13.4 Å². The highest BCUT2D eigenvalue weighted by atomic mass is 16.5. The number of esters is 1. The van der Waals surface area contributed by atoms with Crippen molar-refractivity contribution in [3.05, 3.63) is 53.5 Å². The van der Waals surface area contributed by atoms with Crippen molar-refractivity contribution in [1.29, 1.82) is 0 Å². The maximum Gasteiger partial charge on any atom is 0.356 e. The summed E-state index contributed by atoms with van der Waals surface area (Å²) in [6, 6.07) is 8.64. The van der Waals surface area contributed by atoms with Gasteiger partial charge in [-0.25, -0.2) is 9.78 Å². The summed E-state index contributed by atoms with van der Waals surface area (Å²) in [5.74, 6) is 0.00482. The highest BCUT2D eigenvalue weighted by Gasteiger charge is 2.33. The Kier molecular flexibility index (Phi) is 3.57. The fraction of sp³-hybridized carbons (Fsp3) is 0.176. The van der Waals surface area contributed by atoms with E-state index in [1.165, 1.54) is 7.11 Å². The number of nitrogens with zero attached hydrogens (tertiary/aromatic N) is 2. The predicted molar refractivity (Wildman–Crippen MR) is 87.0 cm³/mol. The Balaban J connectivity index is 1.83. The first-order valence-electron chi connectivity index (χ1n) is 7.64. The van der Waals surface area contributed by atoms with Gasteiger partial charge < -0.3 is 14.5 Å². The van der Waals surface area contributed by atoms with Gasteiger partial charge in [-0.1, -0.05) is 6.07 Å². The van der Waals surface area contributed by atoms with E-state index in [4.69, 9.17) is 9.15 Å². The van der Waals surface area contributed by atoms with E-state index in [0.29, 0.717) is 23.0 Å². The molecule has 1 amide bonds. The fourth-order valence-electron chi connectivity index (χ4n) is 2.98. The fourth-order valence-corrected chi connectivity index (χ4v) is 2.98. The minimum atomic E-state index is -0.527. The standard InChI is InChI=1S/C17H14N4O4/c1-24-17(23)11-5-2-4-10(18-11)9-8-13(22)19-16-14(9)15(20-21-16)12-6-3-7-25-12/h2-7,9H,8H2,1H3,(H2,19,20,21,22). The molecule has 4 heterocycles. The monoisotopic (exact) mass is 338 g/mol. The van der Waals surface area contributed by atoms with Crippen LogP contribution in [0.1, 0.15) is 34.1 Å². The lowest BCUT2D eigenvalue weighted by Gasteiger charge is -2.22. The number of carbonyl (C=O) groups is 2. The van der Waals surface area contributed by atoms with E-state index in [9.17, 15) is 9.59 Å². The number of furan rings is 1. The van der Waals surface area contributed by atoms with Crippen molar-refractivity contribution < 1.29 is 18.7 Å². The summed E-state index contributed by atoms with van der Waals surface area (Å²) in [5, 5.41) is 9.83. The van der Waals surface area contributed by atoms with Gasteiger partial charge in [0.15, 0.2) is 11.6 Å². The number of amides is 1. The average Bonchev–Trinajstić information content (AvgIpc) is 3.29. The molecule has 126 valence electrons. The highest BCUT2D eigenvalue weighted by molar-refractivity contribution is 5.95. The SMILES string of the molecule is COC(=O)c1cccc(C2CC(=O)Nc3n[nH]c(-c4ccco4)c32)n1. The number of anilines is 1. The number of carbonyl (C=O) groups excluding carboxylic acids is 2. The molecule has 8 nitrogen and oxygen atoms in total. The third kappa shape index (κ3) is 2.57. The third-order valence-corrected chi connectivity index (χ3v) is 4.09. The number of H-pyrrole nitrogens is 1. The Morgan fingerprint density at radius 3 is 2.96 bits per heavy atom. The van der Waals surface area contributed by atoms with Crippen LogP contribution in [0.25, 0.3) is 11.5 Å². The first kappa shape index (κ1) is 15.1. The lowest BCUT2D eigenvalue weighted by atomic mass is 9.88. The van der Waals surface area contributed by atoms with Crippen LogP contribution in [0.3, 0.4) is 0 Å². The topological polar surface area (TPSA) is 110 Å². The second-order valence-electron chi connectivity index (χ2n) is 5.58. The van der Waals surface area contributed by atoms with Gasteiger partial charge in [-0.15, -0.1) is 0 Å². The number of hydrogen-bond acceptors (Lipinski definition) is 6. The highest BCUT2D eigenvalue weighted by Crippen LogP contribution is 2.41. The number of rotatable bonds is 3. The van der Waals surface area contributed by atoms with Crippen LogP contribution in [0.4, 0.5) is 5.82 Å². The molecule has 3 aromatic rings. The van der Waals surface area contributed by atoms with Gasteiger partial charge in [0.1, 0.15) is 11.4 Å². The molecule has 0 spiro atoms. The zero-order chi connectivity index (χ0) is 17.4. The van der Waals surface area contributed by atoms with E-state index in [2.05, 4.69) is 20.5 Å². The molecule has 4 rings (SSSR count). The van der Waals surface area contributed by atoms with Gasteiger partial charge >= 0.3 is 5.97 Å². The van der Waals surface area contributed by atoms with E-state index in [-0.39, 0.29) is 23.9 Å². The van der Waals surface area contributed by atoms with Crippen LogP contribution in [0.5, 0.6) is 0 Å². The van der Waals surface area contributed by atoms with Gasteiger partial charge in [-0.05, 0) is 24.3 Å². The molecular weight excluding hydrogens is 324 g/mol. The minimum Gasteiger partial charge on any atom is -0.464 e. The van der Waals surface area contributed by atoms with Crippen LogP contribution in [-0.2, 0) is 9.53 Å². The quantitative estimate of drug-likeness (QED) is 0.709. The Morgan fingerprint density at radius 2 is 2.20 bits per heavy atom. The molecule has 0 bridgehead atoms. The summed E-state index contributed by atoms with van der Waals surface area (Å²) in [5.41, 5.74) is 2.24. The van der Waals surface area contributed by atoms with Crippen LogP contribution in [0, 0.1) is 0 Å². The van der Waals surface area contributed by atoms with Crippen LogP contribution in [0.2, 0.25) is 0 Å². The van der Waals surface area contributed by atoms with Crippen molar-refractivity contribution in [3.63, 3.8) is 0 Å². The Morgan fingerprint density at radius 1 is 1.32 bits per heavy atom. The Labute approximate surface area is 142 Å². The van der Waals surface area contributed by atoms with Crippen LogP contribution in [0.15, 0.2) is 41.0 Å². The van der Waals surface area contributed by atoms with Crippen molar-refractivity contribution in [2.75, 3.05) is 12.4 Å². The molecule has 8 heteroatoms. The first-order chi connectivity index (χ1) is 12.2. The van der Waals surface area contributed by atoms with E-state index in [1.807, 2.05) is 0 Å². The summed E-state index contributed by atoms with van der Waals surface area (Å²) in [7, 11) is 1.30. The number of hydrogen-bond donors (Lipinski definition) is 2. The van der Waals surface area contributed by atoms with Crippen LogP contribution >= 0.6 is 0 Å². The Hall–Kier alpha value is -3.42. The summed E-state index contributed by atoms with van der Waals surface area (Å²) in [6.07, 6.45) is 1.76. The molecule has 0 aromatic carbocycles. The predicted octanol–water partition coefficient (Wildman–Crippen LogP) is 2.33. The van der Waals surface area contributed by atoms with Gasteiger partial charge in [-0.2, -0.15) is 5.10 Å². The summed E-state index contributed by atoms with van der Waals surface area (Å²) < 4.78 is 10.2. The summed E-state index contributed by atoms with van der Waals surface area (Å²) in [4.78, 5) is 28.2. The molecule has 1 atom stereocenters. The third-order valence-electron chi connectivity index (χ3n) is 4.09. The molecule has 0 radical (unpaired) electrons. The zero-order valence-electron chi connectivity index (χ0n) is 13.3. The van der Waals surface area contributed by atoms with E-state index < -0.39 is 5.97 Å². The molecule has 1 unspecified atom stereocenters. The second-order valence-corrected chi connectivity index (χ2v) is 5.58. The molecule has 25 heavy (non-hydrogen) atoms. The zero-order valence-corrected chi connectivity index (χ0v) is 13.3. The van der Waals surface area contributed by atoms with Crippen molar-refractivity contribution >= 4 is 17.7 Å². The molecule has 0 saturated heterocycles. The van der Waals surface area contributed by atoms with Gasteiger partial charge in [0, 0.05) is 23.6 Å². The van der Waals surface area contributed by atoms with Crippen LogP contribution < -0.4 is 5.32 Å². The molecule has 3 aromatic heterocycles. The van der Waals surface area contributed by atoms with E-state index >= 15 is 0 Å². The maximum atomic E-state index is 12.1. The number of aromatic nitrogens is 3. The molecule has 0 aliphatic carbocycles. The van der Waals surface area contributed by atoms with Crippen molar-refractivity contribution in [1.82, 2.24) is 15.2 Å². The molecule has 2 N–H and O–H groups in total. The minimum absolute atomic E-state index is 0.166. The Bertz CT molecular complexity index is 945. The van der Waals surface area contributed by atoms with E-state index in [1.54, 1.807) is 36.6 Å². The normalized spacial score (nSPS) is 16.2. The first-order valence-corrected chi connectivity index (χ1v) is 7.64. The molecule has 0 saturated carbocycles. The molecule has 0 fully saturated rings. The van der Waals surface area contributed by atoms with Gasteiger partial charge in [0.2, 0.25) is 5.91 Å². The molecule has 1 aliphatic heterocycles. The number of methoxy groups -OCH3 is 1. The number of nitrogens with one attached hydrogen (secondary N) is 2. The lowest BCUT2D eigenvalue weighted by molar-refractivity contribution is -0.116. The molecular formula is C17H14N4O4. The van der Waals surface area contributed by atoms with Gasteiger partial charge in [-0.3, -0.25) is 9.89 Å². The second kappa shape index (κ2) is 5.90. The van der Waals surface area contributed by atoms with Crippen molar-refractivity contribution in [2.24, 2.45) is 0 Å². The summed E-state index contributed by atoms with van der Waals surface area (Å²) in [6.45, 7) is 0. The van der Waals surface area contributed by atoms with Crippen molar-refractivity contribution in [3.8, 4) is 11.5 Å². The number of aromatic amines is 1. The maximum absolute atomic E-state index is 12.1. The van der Waals surface area contributed by atoms with Gasteiger partial charge in [0.25, 0.3) is 0 Å². The molecule has 1 aliphatic rings. The smallest absolute Gasteiger partial charge is 0.356 e. The van der Waals surface area contributed by atoms with Crippen molar-refractivity contribution in [2.45, 2.75) is 12.3 Å². The summed E-state index contributed by atoms with van der Waals surface area (Å²) >= 11 is 0. The number of pyridine rings is 1. The van der Waals surface area contributed by atoms with E-state index in [0.717, 1.165) is 5.56 Å². The lowest BCUT2D eigenvalue weighted by Crippen LogP contribution is -2.24. The van der Waals surface area contributed by atoms with Crippen LogP contribution in [-0.4, -0.2) is 34.2 Å². The average molecular weight is 338 g/mol. The number of fused-ring (bicyclic) bond motifs is 1. The number of ether oxygens (including phenoxy) is 1.